The summed E-state index contributed by atoms with van der Waals surface area (Å²) in [7, 11) is 1.51. The number of carbonyl (C=O) groups excluding carboxylic acids is 2. The Morgan fingerprint density at radius 1 is 1.53 bits per heavy atom. The predicted molar refractivity (Wildman–Crippen MR) is 56.6 cm³/mol. The summed E-state index contributed by atoms with van der Waals surface area (Å²) in [5.74, 6) is -1.13. The highest BCUT2D eigenvalue weighted by Gasteiger charge is 2.19. The molecule has 0 saturated heterocycles. The van der Waals surface area contributed by atoms with Crippen LogP contribution in [-0.4, -0.2) is 47.5 Å². The zero-order valence-corrected chi connectivity index (χ0v) is 9.34. The van der Waals surface area contributed by atoms with Crippen molar-refractivity contribution in [2.24, 2.45) is 0 Å². The summed E-state index contributed by atoms with van der Waals surface area (Å²) in [6.07, 6.45) is 0.337. The fraction of sp³-hybridized carbons (Fsp3) is 0.625. The lowest BCUT2D eigenvalue weighted by molar-refractivity contribution is -0.139. The summed E-state index contributed by atoms with van der Waals surface area (Å²) in [4.78, 5) is 31.8. The van der Waals surface area contributed by atoms with E-state index in [1.807, 2.05) is 0 Å². The van der Waals surface area contributed by atoms with Gasteiger partial charge < -0.3 is 15.7 Å². The molecule has 0 radical (unpaired) electrons. The van der Waals surface area contributed by atoms with E-state index >= 15 is 0 Å². The topological polar surface area (TPSA) is 95.5 Å². The van der Waals surface area contributed by atoms with Gasteiger partial charge in [0.2, 0.25) is 12.3 Å². The van der Waals surface area contributed by atoms with Gasteiger partial charge in [-0.3, -0.25) is 9.59 Å². The van der Waals surface area contributed by atoms with Crippen molar-refractivity contribution in [2.75, 3.05) is 12.8 Å². The molecule has 0 heterocycles. The third-order valence-corrected chi connectivity index (χ3v) is 2.94. The highest BCUT2D eigenvalue weighted by atomic mass is 32.2. The monoisotopic (exact) mass is 234 g/mol. The fourth-order valence-corrected chi connectivity index (χ4v) is 1.78. The maximum Gasteiger partial charge on any atom is 0.327 e. The van der Waals surface area contributed by atoms with Gasteiger partial charge in [0, 0.05) is 12.8 Å². The number of carbonyl (C=O) groups is 3. The molecule has 0 aliphatic heterocycles. The van der Waals surface area contributed by atoms with E-state index in [1.54, 1.807) is 6.92 Å². The summed E-state index contributed by atoms with van der Waals surface area (Å²) < 4.78 is 0. The SMILES string of the molecule is CNC(=O)C(C)SCC(NC=O)C(=O)O. The second kappa shape index (κ2) is 7.10. The maximum absolute atomic E-state index is 11.1. The Labute approximate surface area is 91.8 Å². The fourth-order valence-electron chi connectivity index (χ4n) is 0.792. The molecular weight excluding hydrogens is 220 g/mol. The van der Waals surface area contributed by atoms with Gasteiger partial charge in [-0.15, -0.1) is 11.8 Å². The van der Waals surface area contributed by atoms with E-state index in [9.17, 15) is 14.4 Å². The number of thioether (sulfide) groups is 1. The summed E-state index contributed by atoms with van der Waals surface area (Å²) in [5.41, 5.74) is 0. The molecule has 2 amide bonds. The molecular formula is C8H14N2O4S. The first kappa shape index (κ1) is 13.8. The van der Waals surface area contributed by atoms with Gasteiger partial charge in [-0.2, -0.15) is 0 Å². The van der Waals surface area contributed by atoms with Gasteiger partial charge in [-0.1, -0.05) is 0 Å². The van der Waals surface area contributed by atoms with Crippen LogP contribution in [-0.2, 0) is 14.4 Å². The van der Waals surface area contributed by atoms with Crippen molar-refractivity contribution < 1.29 is 19.5 Å². The van der Waals surface area contributed by atoms with Gasteiger partial charge in [0.05, 0.1) is 5.25 Å². The minimum atomic E-state index is -1.11. The Bertz CT molecular complexity index is 247. The second-order valence-electron chi connectivity index (χ2n) is 2.77. The smallest absolute Gasteiger partial charge is 0.327 e. The minimum absolute atomic E-state index is 0.155. The van der Waals surface area contributed by atoms with Crippen LogP contribution in [0.25, 0.3) is 0 Å². The molecule has 0 bridgehead atoms. The number of amides is 2. The minimum Gasteiger partial charge on any atom is -0.480 e. The van der Waals surface area contributed by atoms with Crippen molar-refractivity contribution in [3.8, 4) is 0 Å². The van der Waals surface area contributed by atoms with E-state index in [-0.39, 0.29) is 16.9 Å². The number of nitrogens with one attached hydrogen (secondary N) is 2. The first-order valence-electron chi connectivity index (χ1n) is 4.28. The molecule has 0 aromatic carbocycles. The quantitative estimate of drug-likeness (QED) is 0.494. The molecule has 0 aromatic heterocycles. The van der Waals surface area contributed by atoms with Crippen LogP contribution in [0.5, 0.6) is 0 Å². The van der Waals surface area contributed by atoms with E-state index in [0.717, 1.165) is 0 Å². The largest absolute Gasteiger partial charge is 0.480 e. The van der Waals surface area contributed by atoms with Crippen molar-refractivity contribution in [1.82, 2.24) is 10.6 Å². The molecule has 6 nitrogen and oxygen atoms in total. The third kappa shape index (κ3) is 5.26. The molecule has 0 spiro atoms. The molecule has 0 fully saturated rings. The summed E-state index contributed by atoms with van der Waals surface area (Å²) >= 11 is 1.17. The maximum atomic E-state index is 11.1. The summed E-state index contributed by atoms with van der Waals surface area (Å²) in [6, 6.07) is -0.959. The van der Waals surface area contributed by atoms with Crippen LogP contribution < -0.4 is 10.6 Å². The van der Waals surface area contributed by atoms with Gasteiger partial charge in [-0.25, -0.2) is 4.79 Å². The van der Waals surface area contributed by atoms with E-state index < -0.39 is 12.0 Å². The zero-order valence-electron chi connectivity index (χ0n) is 8.52. The van der Waals surface area contributed by atoms with Crippen molar-refractivity contribution in [2.45, 2.75) is 18.2 Å². The van der Waals surface area contributed by atoms with Gasteiger partial charge in [0.1, 0.15) is 6.04 Å². The van der Waals surface area contributed by atoms with Crippen LogP contribution in [0.3, 0.4) is 0 Å². The van der Waals surface area contributed by atoms with Crippen LogP contribution in [0.1, 0.15) is 6.92 Å². The van der Waals surface area contributed by atoms with Crippen molar-refractivity contribution in [3.05, 3.63) is 0 Å². The van der Waals surface area contributed by atoms with Gasteiger partial charge >= 0.3 is 5.97 Å². The first-order valence-corrected chi connectivity index (χ1v) is 5.33. The van der Waals surface area contributed by atoms with E-state index in [2.05, 4.69) is 10.6 Å². The average molecular weight is 234 g/mol. The Morgan fingerprint density at radius 3 is 2.53 bits per heavy atom. The van der Waals surface area contributed by atoms with Crippen molar-refractivity contribution in [3.63, 3.8) is 0 Å². The van der Waals surface area contributed by atoms with E-state index in [4.69, 9.17) is 5.11 Å². The average Bonchev–Trinajstić information content (AvgIpc) is 2.21. The second-order valence-corrected chi connectivity index (χ2v) is 4.14. The molecule has 2 atom stereocenters. The molecule has 3 N–H and O–H groups in total. The normalized spacial score (nSPS) is 13.7. The van der Waals surface area contributed by atoms with Crippen LogP contribution >= 0.6 is 11.8 Å². The van der Waals surface area contributed by atoms with Gasteiger partial charge in [0.25, 0.3) is 0 Å². The van der Waals surface area contributed by atoms with Crippen LogP contribution in [0.4, 0.5) is 0 Å². The molecule has 2 unspecified atom stereocenters. The van der Waals surface area contributed by atoms with Crippen LogP contribution in [0.2, 0.25) is 0 Å². The lowest BCUT2D eigenvalue weighted by atomic mass is 10.3. The molecule has 7 heteroatoms. The van der Waals surface area contributed by atoms with E-state index in [0.29, 0.717) is 6.41 Å². The van der Waals surface area contributed by atoms with Gasteiger partial charge in [0.15, 0.2) is 0 Å². The highest BCUT2D eigenvalue weighted by Crippen LogP contribution is 2.11. The predicted octanol–water partition coefficient (Wildman–Crippen LogP) is -0.947. The van der Waals surface area contributed by atoms with Gasteiger partial charge in [-0.05, 0) is 6.92 Å². The van der Waals surface area contributed by atoms with Crippen molar-refractivity contribution >= 4 is 30.0 Å². The number of hydrogen-bond donors (Lipinski definition) is 3. The molecule has 86 valence electrons. The zero-order chi connectivity index (χ0) is 11.8. The standard InChI is InChI=1S/C8H14N2O4S/c1-5(7(12)9-2)15-3-6(8(13)14)10-4-11/h4-6H,3H2,1-2H3,(H,9,12)(H,10,11)(H,13,14). The Kier molecular flexibility index (Phi) is 6.52. The molecule has 0 aliphatic rings. The Morgan fingerprint density at radius 2 is 2.13 bits per heavy atom. The Balaban J connectivity index is 4.04. The third-order valence-electron chi connectivity index (χ3n) is 1.70. The first-order chi connectivity index (χ1) is 7.02. The van der Waals surface area contributed by atoms with E-state index in [1.165, 1.54) is 18.8 Å². The lowest BCUT2D eigenvalue weighted by Gasteiger charge is -2.13. The number of carboxylic acids is 1. The summed E-state index contributed by atoms with van der Waals surface area (Å²) in [5, 5.41) is 12.9. The number of carboxylic acid groups (broad SMARTS) is 1. The molecule has 0 aliphatic carbocycles. The molecule has 0 aromatic rings. The lowest BCUT2D eigenvalue weighted by Crippen LogP contribution is -2.39. The number of aliphatic carboxylic acids is 1. The number of hydrogen-bond acceptors (Lipinski definition) is 4. The summed E-state index contributed by atoms with van der Waals surface area (Å²) in [6.45, 7) is 1.67. The highest BCUT2D eigenvalue weighted by molar-refractivity contribution is 8.00. The molecule has 15 heavy (non-hydrogen) atoms. The molecule has 0 saturated carbocycles. The molecule has 0 rings (SSSR count). The van der Waals surface area contributed by atoms with Crippen LogP contribution in [0.15, 0.2) is 0 Å². The Hall–Kier alpha value is -1.24. The van der Waals surface area contributed by atoms with Crippen LogP contribution in [0, 0.1) is 0 Å². The van der Waals surface area contributed by atoms with Crippen molar-refractivity contribution in [1.29, 1.82) is 0 Å². The number of rotatable bonds is 7.